The van der Waals surface area contributed by atoms with Crippen LogP contribution in [0.15, 0.2) is 59.1 Å². The van der Waals surface area contributed by atoms with E-state index in [0.717, 1.165) is 15.6 Å². The number of amides is 1. The molecule has 0 spiro atoms. The van der Waals surface area contributed by atoms with Gasteiger partial charge in [-0.3, -0.25) is 4.79 Å². The van der Waals surface area contributed by atoms with E-state index >= 15 is 0 Å². The van der Waals surface area contributed by atoms with Gasteiger partial charge in [-0.2, -0.15) is 0 Å². The molecule has 1 amide bonds. The largest absolute Gasteiger partial charge is 0.350 e. The fourth-order valence-corrected chi connectivity index (χ4v) is 2.15. The molecule has 104 valence electrons. The fraction of sp³-hybridized carbons (Fsp3) is 0.188. The third kappa shape index (κ3) is 3.46. The van der Waals surface area contributed by atoms with E-state index in [2.05, 4.69) is 21.2 Å². The number of nitrogens with two attached hydrogens (primary N) is 1. The van der Waals surface area contributed by atoms with Gasteiger partial charge >= 0.3 is 0 Å². The number of hydrogen-bond donors (Lipinski definition) is 2. The molecule has 0 radical (unpaired) electrons. The molecule has 1 unspecified atom stereocenters. The molecule has 0 saturated carbocycles. The Morgan fingerprint density at radius 3 is 2.35 bits per heavy atom. The van der Waals surface area contributed by atoms with Crippen LogP contribution in [0.25, 0.3) is 0 Å². The SMILES string of the molecule is CC(N)(C(=O)NCc1ccc(Br)cc1)c1ccccc1. The van der Waals surface area contributed by atoms with E-state index in [9.17, 15) is 4.79 Å². The molecule has 3 nitrogen and oxygen atoms in total. The first-order valence-corrected chi connectivity index (χ1v) is 7.16. The molecule has 0 aliphatic heterocycles. The van der Waals surface area contributed by atoms with Gasteiger partial charge in [0, 0.05) is 11.0 Å². The maximum absolute atomic E-state index is 12.3. The van der Waals surface area contributed by atoms with Gasteiger partial charge in [-0.05, 0) is 30.2 Å². The summed E-state index contributed by atoms with van der Waals surface area (Å²) in [7, 11) is 0. The Morgan fingerprint density at radius 1 is 1.15 bits per heavy atom. The normalized spacial score (nSPS) is 13.6. The lowest BCUT2D eigenvalue weighted by Gasteiger charge is -2.24. The first-order valence-electron chi connectivity index (χ1n) is 6.37. The Bertz CT molecular complexity index is 579. The van der Waals surface area contributed by atoms with Crippen molar-refractivity contribution in [1.82, 2.24) is 5.32 Å². The Kier molecular flexibility index (Phi) is 4.57. The summed E-state index contributed by atoms with van der Waals surface area (Å²) in [5, 5.41) is 2.88. The summed E-state index contributed by atoms with van der Waals surface area (Å²) in [6.07, 6.45) is 0. The number of carbonyl (C=O) groups excluding carboxylic acids is 1. The molecule has 0 aromatic heterocycles. The van der Waals surface area contributed by atoms with Crippen LogP contribution in [0.2, 0.25) is 0 Å². The number of rotatable bonds is 4. The summed E-state index contributed by atoms with van der Waals surface area (Å²) in [6, 6.07) is 17.2. The zero-order valence-electron chi connectivity index (χ0n) is 11.3. The smallest absolute Gasteiger partial charge is 0.244 e. The summed E-state index contributed by atoms with van der Waals surface area (Å²) < 4.78 is 1.01. The van der Waals surface area contributed by atoms with E-state index < -0.39 is 5.54 Å². The van der Waals surface area contributed by atoms with E-state index in [4.69, 9.17) is 5.73 Å². The molecule has 4 heteroatoms. The van der Waals surface area contributed by atoms with Gasteiger partial charge in [0.05, 0.1) is 0 Å². The van der Waals surface area contributed by atoms with Crippen LogP contribution in [0.1, 0.15) is 18.1 Å². The maximum Gasteiger partial charge on any atom is 0.244 e. The Labute approximate surface area is 127 Å². The predicted molar refractivity (Wildman–Crippen MR) is 84.0 cm³/mol. The summed E-state index contributed by atoms with van der Waals surface area (Å²) in [5.74, 6) is -0.188. The van der Waals surface area contributed by atoms with E-state index in [1.165, 1.54) is 0 Å². The van der Waals surface area contributed by atoms with Crippen LogP contribution in [0.5, 0.6) is 0 Å². The zero-order chi connectivity index (χ0) is 14.6. The Hall–Kier alpha value is -1.65. The van der Waals surface area contributed by atoms with Crippen molar-refractivity contribution < 1.29 is 4.79 Å². The van der Waals surface area contributed by atoms with Crippen molar-refractivity contribution in [2.24, 2.45) is 5.73 Å². The highest BCUT2D eigenvalue weighted by molar-refractivity contribution is 9.10. The Morgan fingerprint density at radius 2 is 1.75 bits per heavy atom. The molecule has 0 bridgehead atoms. The molecule has 0 heterocycles. The molecular formula is C16H17BrN2O. The third-order valence-electron chi connectivity index (χ3n) is 3.21. The first-order chi connectivity index (χ1) is 9.50. The minimum absolute atomic E-state index is 0.188. The van der Waals surface area contributed by atoms with E-state index in [1.807, 2.05) is 54.6 Å². The second-order valence-corrected chi connectivity index (χ2v) is 5.79. The summed E-state index contributed by atoms with van der Waals surface area (Å²) in [4.78, 5) is 12.3. The van der Waals surface area contributed by atoms with Crippen molar-refractivity contribution in [1.29, 1.82) is 0 Å². The highest BCUT2D eigenvalue weighted by Gasteiger charge is 2.29. The quantitative estimate of drug-likeness (QED) is 0.904. The summed E-state index contributed by atoms with van der Waals surface area (Å²) in [6.45, 7) is 2.19. The first kappa shape index (κ1) is 14.8. The molecule has 2 aromatic carbocycles. The van der Waals surface area contributed by atoms with Gasteiger partial charge in [-0.25, -0.2) is 0 Å². The van der Waals surface area contributed by atoms with Gasteiger partial charge in [-0.15, -0.1) is 0 Å². The highest BCUT2D eigenvalue weighted by Crippen LogP contribution is 2.17. The molecule has 2 aromatic rings. The lowest BCUT2D eigenvalue weighted by atomic mass is 9.92. The topological polar surface area (TPSA) is 55.1 Å². The lowest BCUT2D eigenvalue weighted by Crippen LogP contribution is -2.48. The number of nitrogens with one attached hydrogen (secondary N) is 1. The van der Waals surface area contributed by atoms with Crippen LogP contribution in [-0.4, -0.2) is 5.91 Å². The molecular weight excluding hydrogens is 316 g/mol. The molecule has 0 saturated heterocycles. The summed E-state index contributed by atoms with van der Waals surface area (Å²) in [5.41, 5.74) is 6.95. The molecule has 0 fully saturated rings. The third-order valence-corrected chi connectivity index (χ3v) is 3.74. The monoisotopic (exact) mass is 332 g/mol. The van der Waals surface area contributed by atoms with E-state index in [-0.39, 0.29) is 5.91 Å². The lowest BCUT2D eigenvalue weighted by molar-refractivity contribution is -0.126. The fourth-order valence-electron chi connectivity index (χ4n) is 1.88. The zero-order valence-corrected chi connectivity index (χ0v) is 12.9. The minimum atomic E-state index is -1.03. The van der Waals surface area contributed by atoms with Crippen LogP contribution < -0.4 is 11.1 Å². The van der Waals surface area contributed by atoms with Crippen molar-refractivity contribution in [3.05, 3.63) is 70.2 Å². The number of benzene rings is 2. The molecule has 0 aliphatic rings. The second-order valence-electron chi connectivity index (χ2n) is 4.88. The predicted octanol–water partition coefficient (Wildman–Crippen LogP) is 2.94. The maximum atomic E-state index is 12.3. The molecule has 3 N–H and O–H groups in total. The van der Waals surface area contributed by atoms with Crippen molar-refractivity contribution in [3.8, 4) is 0 Å². The van der Waals surface area contributed by atoms with Crippen molar-refractivity contribution in [3.63, 3.8) is 0 Å². The van der Waals surface area contributed by atoms with Crippen LogP contribution in [0.3, 0.4) is 0 Å². The van der Waals surface area contributed by atoms with Crippen LogP contribution >= 0.6 is 15.9 Å². The van der Waals surface area contributed by atoms with Gasteiger partial charge < -0.3 is 11.1 Å². The number of hydrogen-bond acceptors (Lipinski definition) is 2. The van der Waals surface area contributed by atoms with Crippen molar-refractivity contribution in [2.45, 2.75) is 19.0 Å². The standard InChI is InChI=1S/C16H17BrN2O/c1-16(18,13-5-3-2-4-6-13)15(20)19-11-12-7-9-14(17)10-8-12/h2-10H,11,18H2,1H3,(H,19,20). The van der Waals surface area contributed by atoms with E-state index in [1.54, 1.807) is 6.92 Å². The van der Waals surface area contributed by atoms with Crippen molar-refractivity contribution in [2.75, 3.05) is 0 Å². The molecule has 0 aliphatic carbocycles. The summed E-state index contributed by atoms with van der Waals surface area (Å²) >= 11 is 3.38. The average molecular weight is 333 g/mol. The molecule has 2 rings (SSSR count). The Balaban J connectivity index is 2.03. The van der Waals surface area contributed by atoms with Crippen LogP contribution in [-0.2, 0) is 16.9 Å². The van der Waals surface area contributed by atoms with Gasteiger partial charge in [0.25, 0.3) is 0 Å². The minimum Gasteiger partial charge on any atom is -0.350 e. The molecule has 1 atom stereocenters. The number of carbonyl (C=O) groups is 1. The second kappa shape index (κ2) is 6.20. The van der Waals surface area contributed by atoms with Gasteiger partial charge in [0.2, 0.25) is 5.91 Å². The molecule has 20 heavy (non-hydrogen) atoms. The number of halogens is 1. The highest BCUT2D eigenvalue weighted by atomic mass is 79.9. The van der Waals surface area contributed by atoms with Gasteiger partial charge in [-0.1, -0.05) is 58.4 Å². The van der Waals surface area contributed by atoms with Gasteiger partial charge in [0.1, 0.15) is 5.54 Å². The van der Waals surface area contributed by atoms with Crippen LogP contribution in [0, 0.1) is 0 Å². The van der Waals surface area contributed by atoms with Crippen LogP contribution in [0.4, 0.5) is 0 Å². The van der Waals surface area contributed by atoms with Crippen molar-refractivity contribution >= 4 is 21.8 Å². The van der Waals surface area contributed by atoms with E-state index in [0.29, 0.717) is 6.54 Å². The average Bonchev–Trinajstić information content (AvgIpc) is 2.47. The van der Waals surface area contributed by atoms with Gasteiger partial charge in [0.15, 0.2) is 0 Å².